The number of carbonyl (C=O) groups excluding carboxylic acids is 1. The summed E-state index contributed by atoms with van der Waals surface area (Å²) in [5.74, 6) is 2.11. The highest BCUT2D eigenvalue weighted by Gasteiger charge is 2.09. The topological polar surface area (TPSA) is 92.7 Å². The van der Waals surface area contributed by atoms with E-state index in [0.717, 1.165) is 22.1 Å². The van der Waals surface area contributed by atoms with Crippen LogP contribution in [0, 0.1) is 12.3 Å². The summed E-state index contributed by atoms with van der Waals surface area (Å²) in [5.41, 5.74) is 2.87. The molecular weight excluding hydrogens is 366 g/mol. The molecular formula is C22H17N5O2. The molecule has 1 amide bonds. The summed E-state index contributed by atoms with van der Waals surface area (Å²) in [5, 5.41) is 15.0. The van der Waals surface area contributed by atoms with E-state index in [2.05, 4.69) is 26.5 Å². The molecule has 0 fully saturated rings. The Hall–Kier alpha value is -4.18. The van der Waals surface area contributed by atoms with Crippen LogP contribution in [0.5, 0.6) is 0 Å². The summed E-state index contributed by atoms with van der Waals surface area (Å²) in [7, 11) is 0. The molecule has 0 saturated carbocycles. The quantitative estimate of drug-likeness (QED) is 0.517. The second-order valence-electron chi connectivity index (χ2n) is 6.48. The number of amides is 1. The zero-order valence-corrected chi connectivity index (χ0v) is 15.4. The Balaban J connectivity index is 1.66. The standard InChI is InChI=1S/C22H17N5O2/c1-2-8-23-21(28)17-5-3-4-15(9-17)14-27-22(29)20-10-16(19-11-24-25-12-19)6-7-18(20)13-26-27/h1,3-7,9-13H,8,14H2,(H,23,28)(H,24,25). The van der Waals surface area contributed by atoms with Gasteiger partial charge in [0.1, 0.15) is 0 Å². The van der Waals surface area contributed by atoms with Crippen LogP contribution in [0.3, 0.4) is 0 Å². The van der Waals surface area contributed by atoms with E-state index < -0.39 is 0 Å². The number of hydrogen-bond acceptors (Lipinski definition) is 4. The zero-order valence-electron chi connectivity index (χ0n) is 15.4. The Morgan fingerprint density at radius 2 is 2.07 bits per heavy atom. The van der Waals surface area contributed by atoms with Crippen LogP contribution >= 0.6 is 0 Å². The average molecular weight is 383 g/mol. The molecule has 4 rings (SSSR count). The van der Waals surface area contributed by atoms with Gasteiger partial charge in [-0.05, 0) is 29.3 Å². The Morgan fingerprint density at radius 1 is 1.17 bits per heavy atom. The van der Waals surface area contributed by atoms with Gasteiger partial charge in [0.2, 0.25) is 0 Å². The van der Waals surface area contributed by atoms with E-state index in [0.29, 0.717) is 10.9 Å². The van der Waals surface area contributed by atoms with Crippen molar-refractivity contribution in [3.05, 3.63) is 82.5 Å². The van der Waals surface area contributed by atoms with Gasteiger partial charge in [-0.2, -0.15) is 10.2 Å². The van der Waals surface area contributed by atoms with Crippen molar-refractivity contribution in [2.24, 2.45) is 0 Å². The Bertz CT molecular complexity index is 1280. The number of aromatic nitrogens is 4. The van der Waals surface area contributed by atoms with Gasteiger partial charge in [-0.3, -0.25) is 14.7 Å². The molecule has 7 nitrogen and oxygen atoms in total. The van der Waals surface area contributed by atoms with E-state index in [-0.39, 0.29) is 24.6 Å². The fraction of sp³-hybridized carbons (Fsp3) is 0.0909. The fourth-order valence-electron chi connectivity index (χ4n) is 3.10. The number of aromatic amines is 1. The van der Waals surface area contributed by atoms with E-state index in [1.54, 1.807) is 36.8 Å². The maximum absolute atomic E-state index is 13.0. The predicted molar refractivity (Wildman–Crippen MR) is 110 cm³/mol. The molecule has 7 heteroatoms. The molecule has 0 spiro atoms. The van der Waals surface area contributed by atoms with Crippen LogP contribution in [-0.2, 0) is 6.54 Å². The minimum absolute atomic E-state index is 0.160. The molecule has 29 heavy (non-hydrogen) atoms. The predicted octanol–water partition coefficient (Wildman–Crippen LogP) is 2.20. The highest BCUT2D eigenvalue weighted by atomic mass is 16.1. The number of nitrogens with one attached hydrogen (secondary N) is 2. The molecule has 0 atom stereocenters. The number of H-pyrrole nitrogens is 1. The van der Waals surface area contributed by atoms with Crippen LogP contribution in [0.4, 0.5) is 0 Å². The third kappa shape index (κ3) is 3.77. The minimum atomic E-state index is -0.256. The number of terminal acetylenes is 1. The van der Waals surface area contributed by atoms with Crippen LogP contribution in [-0.4, -0.2) is 32.4 Å². The van der Waals surface area contributed by atoms with Crippen molar-refractivity contribution in [3.8, 4) is 23.5 Å². The lowest BCUT2D eigenvalue weighted by molar-refractivity contribution is 0.0958. The molecule has 0 radical (unpaired) electrons. The number of nitrogens with zero attached hydrogens (tertiary/aromatic N) is 3. The van der Waals surface area contributed by atoms with E-state index >= 15 is 0 Å². The Kier molecular flexibility index (Phi) is 4.91. The number of carbonyl (C=O) groups is 1. The molecule has 0 aliphatic rings. The van der Waals surface area contributed by atoms with Crippen molar-refractivity contribution in [3.63, 3.8) is 0 Å². The molecule has 2 heterocycles. The Morgan fingerprint density at radius 3 is 2.86 bits per heavy atom. The zero-order chi connectivity index (χ0) is 20.2. The third-order valence-electron chi connectivity index (χ3n) is 4.56. The smallest absolute Gasteiger partial charge is 0.274 e. The molecule has 0 saturated heterocycles. The van der Waals surface area contributed by atoms with Gasteiger partial charge in [-0.15, -0.1) is 6.42 Å². The lowest BCUT2D eigenvalue weighted by Crippen LogP contribution is -2.25. The summed E-state index contributed by atoms with van der Waals surface area (Å²) < 4.78 is 1.39. The molecule has 2 aromatic heterocycles. The molecule has 2 N–H and O–H groups in total. The molecule has 2 aromatic carbocycles. The molecule has 0 bridgehead atoms. The van der Waals surface area contributed by atoms with Gasteiger partial charge in [0.15, 0.2) is 0 Å². The highest BCUT2D eigenvalue weighted by Crippen LogP contribution is 2.21. The normalized spacial score (nSPS) is 10.6. The molecule has 0 unspecified atom stereocenters. The maximum Gasteiger partial charge on any atom is 0.274 e. The monoisotopic (exact) mass is 383 g/mol. The first kappa shape index (κ1) is 18.2. The number of hydrogen-bond donors (Lipinski definition) is 2. The number of fused-ring (bicyclic) bond motifs is 1. The minimum Gasteiger partial charge on any atom is -0.341 e. The van der Waals surface area contributed by atoms with Crippen molar-refractivity contribution in [2.45, 2.75) is 6.54 Å². The second-order valence-corrected chi connectivity index (χ2v) is 6.48. The van der Waals surface area contributed by atoms with Crippen molar-refractivity contribution in [1.29, 1.82) is 0 Å². The van der Waals surface area contributed by atoms with Crippen molar-refractivity contribution in [2.75, 3.05) is 6.54 Å². The summed E-state index contributed by atoms with van der Waals surface area (Å²) in [6, 6.07) is 12.7. The van der Waals surface area contributed by atoms with Crippen LogP contribution in [0.2, 0.25) is 0 Å². The van der Waals surface area contributed by atoms with Gasteiger partial charge in [0, 0.05) is 22.7 Å². The van der Waals surface area contributed by atoms with Gasteiger partial charge in [0.05, 0.1) is 30.9 Å². The molecule has 142 valence electrons. The average Bonchev–Trinajstić information content (AvgIpc) is 3.29. The van der Waals surface area contributed by atoms with E-state index in [1.165, 1.54) is 4.68 Å². The van der Waals surface area contributed by atoms with Gasteiger partial charge < -0.3 is 5.32 Å². The van der Waals surface area contributed by atoms with Crippen LogP contribution in [0.1, 0.15) is 15.9 Å². The lowest BCUT2D eigenvalue weighted by Gasteiger charge is -2.09. The first-order valence-corrected chi connectivity index (χ1v) is 8.95. The number of benzene rings is 2. The number of rotatable bonds is 5. The van der Waals surface area contributed by atoms with Gasteiger partial charge in [-0.25, -0.2) is 4.68 Å². The SMILES string of the molecule is C#CCNC(=O)c1cccc(Cn2ncc3ccc(-c4cn[nH]c4)cc3c2=O)c1. The second kappa shape index (κ2) is 7.82. The first-order valence-electron chi connectivity index (χ1n) is 8.95. The van der Waals surface area contributed by atoms with Gasteiger partial charge in [-0.1, -0.05) is 30.2 Å². The summed E-state index contributed by atoms with van der Waals surface area (Å²) in [6.45, 7) is 0.411. The summed E-state index contributed by atoms with van der Waals surface area (Å²) in [4.78, 5) is 25.1. The van der Waals surface area contributed by atoms with E-state index in [1.807, 2.05) is 24.3 Å². The third-order valence-corrected chi connectivity index (χ3v) is 4.56. The first-order chi connectivity index (χ1) is 14.2. The highest BCUT2D eigenvalue weighted by molar-refractivity contribution is 5.94. The molecule has 0 aliphatic carbocycles. The van der Waals surface area contributed by atoms with E-state index in [4.69, 9.17) is 6.42 Å². The molecule has 4 aromatic rings. The van der Waals surface area contributed by atoms with Crippen LogP contribution < -0.4 is 10.9 Å². The van der Waals surface area contributed by atoms with Crippen molar-refractivity contribution in [1.82, 2.24) is 25.3 Å². The van der Waals surface area contributed by atoms with Crippen molar-refractivity contribution < 1.29 is 4.79 Å². The van der Waals surface area contributed by atoms with Crippen LogP contribution in [0.25, 0.3) is 21.9 Å². The fourth-order valence-corrected chi connectivity index (χ4v) is 3.10. The largest absolute Gasteiger partial charge is 0.341 e. The Labute approximate surface area is 166 Å². The lowest BCUT2D eigenvalue weighted by atomic mass is 10.1. The maximum atomic E-state index is 13.0. The van der Waals surface area contributed by atoms with Crippen molar-refractivity contribution >= 4 is 16.7 Å². The van der Waals surface area contributed by atoms with Crippen LogP contribution in [0.15, 0.2) is 65.8 Å². The summed E-state index contributed by atoms with van der Waals surface area (Å²) in [6.07, 6.45) is 10.3. The van der Waals surface area contributed by atoms with Gasteiger partial charge in [0.25, 0.3) is 11.5 Å². The summed E-state index contributed by atoms with van der Waals surface area (Å²) >= 11 is 0. The van der Waals surface area contributed by atoms with E-state index in [9.17, 15) is 9.59 Å². The molecule has 0 aliphatic heterocycles. The van der Waals surface area contributed by atoms with Gasteiger partial charge >= 0.3 is 0 Å².